The van der Waals surface area contributed by atoms with Crippen molar-refractivity contribution in [3.8, 4) is 157 Å². The Balaban J connectivity index is 0.612. The van der Waals surface area contributed by atoms with E-state index in [9.17, 15) is 0 Å². The molecule has 19 rings (SSSR count). The average molecular weight is 1330 g/mol. The molecule has 0 aliphatic carbocycles. The third-order valence-electron chi connectivity index (χ3n) is 19.9. The van der Waals surface area contributed by atoms with Crippen LogP contribution in [0.15, 0.2) is 385 Å². The molecule has 0 aliphatic heterocycles. The van der Waals surface area contributed by atoms with E-state index in [4.69, 9.17) is 28.8 Å². The third-order valence-corrected chi connectivity index (χ3v) is 19.9. The summed E-state index contributed by atoms with van der Waals surface area (Å²) >= 11 is 0. The summed E-state index contributed by atoms with van der Waals surface area (Å²) in [5.41, 5.74) is 32.2. The molecule has 19 aromatic rings. The minimum Gasteiger partial charge on any atom is -0.452 e. The lowest BCUT2D eigenvalue weighted by molar-refractivity contribution is 0.667. The molecule has 6 heteroatoms. The van der Waals surface area contributed by atoms with Crippen molar-refractivity contribution in [2.24, 2.45) is 0 Å². The Labute approximate surface area is 601 Å². The van der Waals surface area contributed by atoms with Crippen LogP contribution in [0.1, 0.15) is 0 Å². The van der Waals surface area contributed by atoms with E-state index in [0.29, 0.717) is 22.8 Å². The summed E-state index contributed by atoms with van der Waals surface area (Å²) in [5, 5.41) is 1.91. The molecule has 0 radical (unpaired) electrons. The van der Waals surface area contributed by atoms with E-state index >= 15 is 0 Å². The topological polar surface area (TPSA) is 77.8 Å². The monoisotopic (exact) mass is 1330 g/mol. The van der Waals surface area contributed by atoms with E-state index in [0.717, 1.165) is 178 Å². The van der Waals surface area contributed by atoms with Crippen molar-refractivity contribution in [2.45, 2.75) is 0 Å². The number of fused-ring (bicyclic) bond motifs is 6. The van der Waals surface area contributed by atoms with E-state index in [2.05, 4.69) is 322 Å². The second-order valence-corrected chi connectivity index (χ2v) is 26.5. The molecule has 0 spiro atoms. The zero-order valence-corrected chi connectivity index (χ0v) is 56.4. The highest BCUT2D eigenvalue weighted by Crippen LogP contribution is 2.43. The van der Waals surface area contributed by atoms with E-state index in [-0.39, 0.29) is 0 Å². The van der Waals surface area contributed by atoms with Crippen LogP contribution in [0.3, 0.4) is 0 Å². The van der Waals surface area contributed by atoms with Crippen LogP contribution in [0, 0.1) is 0 Å². The molecule has 6 nitrogen and oxygen atoms in total. The number of benzene rings is 15. The standard InChI is InChI=1S/C98H62N4O2/c1-5-22-63(23-6-1)81-57-82(64-24-7-2-8-25-64)59-84(58-81)77-36-21-39-80(56-77)98-100-92(96-94(102-98)88-41-14-16-43-90(88)104-96)78-37-19-35-76(54-78)86-61-83(65-26-9-3-10-27-65)60-85(62-86)75-34-18-32-73(53-75)68-46-44-66(45-47-68)71-30-17-31-72(52-71)67-48-50-69(51-49-67)74-33-20-38-79(55-74)97-99-91(70-28-11-4-12-29-70)95-93(101-97)87-40-13-15-42-89(87)103-95/h1-62H. The van der Waals surface area contributed by atoms with Gasteiger partial charge in [0.2, 0.25) is 0 Å². The first kappa shape index (κ1) is 61.2. The maximum Gasteiger partial charge on any atom is 0.180 e. The quantitative estimate of drug-likeness (QED) is 0.108. The zero-order valence-electron chi connectivity index (χ0n) is 56.4. The van der Waals surface area contributed by atoms with Gasteiger partial charge in [-0.3, -0.25) is 0 Å². The van der Waals surface area contributed by atoms with Gasteiger partial charge >= 0.3 is 0 Å². The van der Waals surface area contributed by atoms with Crippen LogP contribution < -0.4 is 0 Å². The summed E-state index contributed by atoms with van der Waals surface area (Å²) in [5.74, 6) is 1.27. The van der Waals surface area contributed by atoms with Crippen molar-refractivity contribution in [1.29, 1.82) is 0 Å². The molecule has 15 aromatic carbocycles. The number of hydrogen-bond donors (Lipinski definition) is 0. The SMILES string of the molecule is c1ccc(-c2cc(-c3ccccc3)cc(-c3cccc(-c4nc(-c5cccc(-c6cc(-c7ccccc7)cc(-c7cccc(-c8ccc(-c9cccc(-c%10ccc(-c%11cccc(-c%12nc(-c%13ccccc%13)c%13oc%14ccccc%14c%13n%12)c%11)cc%10)c9)cc8)c7)c6)c5)c5oc6ccccc6c5n4)c3)c2)cc1. The molecule has 486 valence electrons. The highest BCUT2D eigenvalue weighted by atomic mass is 16.3. The van der Waals surface area contributed by atoms with E-state index in [1.165, 1.54) is 0 Å². The summed E-state index contributed by atoms with van der Waals surface area (Å²) in [6.07, 6.45) is 0. The van der Waals surface area contributed by atoms with Gasteiger partial charge in [-0.15, -0.1) is 0 Å². The molecule has 0 amide bonds. The molecule has 0 bridgehead atoms. The molecular formula is C98H62N4O2. The van der Waals surface area contributed by atoms with Crippen LogP contribution >= 0.6 is 0 Å². The van der Waals surface area contributed by atoms with Crippen molar-refractivity contribution >= 4 is 44.1 Å². The van der Waals surface area contributed by atoms with Crippen molar-refractivity contribution in [3.63, 3.8) is 0 Å². The van der Waals surface area contributed by atoms with Gasteiger partial charge in [-0.05, 0) is 202 Å². The molecule has 0 saturated carbocycles. The molecule has 0 unspecified atom stereocenters. The molecule has 104 heavy (non-hydrogen) atoms. The average Bonchev–Trinajstić information content (AvgIpc) is 1.56. The second-order valence-electron chi connectivity index (χ2n) is 26.5. The predicted molar refractivity (Wildman–Crippen MR) is 428 cm³/mol. The predicted octanol–water partition coefficient (Wildman–Crippen LogP) is 26.4. The van der Waals surface area contributed by atoms with Gasteiger partial charge in [0.25, 0.3) is 0 Å². The van der Waals surface area contributed by atoms with Gasteiger partial charge in [0.1, 0.15) is 33.6 Å². The van der Waals surface area contributed by atoms with Crippen molar-refractivity contribution in [1.82, 2.24) is 19.9 Å². The number of para-hydroxylation sites is 2. The molecule has 4 aromatic heterocycles. The van der Waals surface area contributed by atoms with Crippen molar-refractivity contribution < 1.29 is 8.83 Å². The highest BCUT2D eigenvalue weighted by Gasteiger charge is 2.22. The smallest absolute Gasteiger partial charge is 0.180 e. The first-order valence-corrected chi connectivity index (χ1v) is 35.1. The van der Waals surface area contributed by atoms with Crippen LogP contribution in [0.2, 0.25) is 0 Å². The van der Waals surface area contributed by atoms with Gasteiger partial charge < -0.3 is 8.83 Å². The lowest BCUT2D eigenvalue weighted by Gasteiger charge is -2.14. The summed E-state index contributed by atoms with van der Waals surface area (Å²) in [7, 11) is 0. The maximum absolute atomic E-state index is 6.75. The fourth-order valence-electron chi connectivity index (χ4n) is 14.6. The zero-order chi connectivity index (χ0) is 68.9. The molecule has 0 aliphatic rings. The lowest BCUT2D eigenvalue weighted by atomic mass is 9.91. The van der Waals surface area contributed by atoms with Gasteiger partial charge in [0.05, 0.1) is 0 Å². The van der Waals surface area contributed by atoms with Gasteiger partial charge in [-0.2, -0.15) is 0 Å². The normalized spacial score (nSPS) is 11.5. The summed E-state index contributed by atoms with van der Waals surface area (Å²) in [6.45, 7) is 0. The summed E-state index contributed by atoms with van der Waals surface area (Å²) in [4.78, 5) is 21.1. The molecule has 0 saturated heterocycles. The molecule has 4 heterocycles. The van der Waals surface area contributed by atoms with Crippen LogP contribution in [0.4, 0.5) is 0 Å². The number of rotatable bonds is 14. The van der Waals surface area contributed by atoms with Gasteiger partial charge in [-0.25, -0.2) is 19.9 Å². The largest absolute Gasteiger partial charge is 0.452 e. The number of hydrogen-bond acceptors (Lipinski definition) is 6. The Morgan fingerprint density at radius 2 is 0.375 bits per heavy atom. The molecule has 0 fully saturated rings. The van der Waals surface area contributed by atoms with Crippen LogP contribution in [-0.4, -0.2) is 19.9 Å². The Bertz CT molecular complexity index is 6390. The summed E-state index contributed by atoms with van der Waals surface area (Å²) in [6, 6.07) is 133. The van der Waals surface area contributed by atoms with Crippen molar-refractivity contribution in [3.05, 3.63) is 376 Å². The van der Waals surface area contributed by atoms with E-state index < -0.39 is 0 Å². The van der Waals surface area contributed by atoms with E-state index in [1.807, 2.05) is 54.6 Å². The summed E-state index contributed by atoms with van der Waals surface area (Å²) < 4.78 is 13.1. The number of furan rings is 2. The fourth-order valence-corrected chi connectivity index (χ4v) is 14.6. The van der Waals surface area contributed by atoms with Gasteiger partial charge in [-0.1, -0.05) is 285 Å². The maximum atomic E-state index is 6.75. The van der Waals surface area contributed by atoms with Crippen LogP contribution in [0.25, 0.3) is 201 Å². The number of aromatic nitrogens is 4. The Morgan fingerprint density at radius 1 is 0.154 bits per heavy atom. The first-order valence-electron chi connectivity index (χ1n) is 35.1. The first-order chi connectivity index (χ1) is 51.5. The highest BCUT2D eigenvalue weighted by molar-refractivity contribution is 6.09. The Hall–Kier alpha value is -13.9. The van der Waals surface area contributed by atoms with Gasteiger partial charge in [0, 0.05) is 33.0 Å². The Morgan fingerprint density at radius 3 is 0.721 bits per heavy atom. The van der Waals surface area contributed by atoms with E-state index in [1.54, 1.807) is 0 Å². The third kappa shape index (κ3) is 11.8. The van der Waals surface area contributed by atoms with Crippen LogP contribution in [0.5, 0.6) is 0 Å². The minimum atomic E-state index is 0.619. The molecular weight excluding hydrogens is 1270 g/mol. The molecule has 0 atom stereocenters. The van der Waals surface area contributed by atoms with Crippen LogP contribution in [-0.2, 0) is 0 Å². The second kappa shape index (κ2) is 26.3. The number of nitrogens with zero attached hydrogens (tertiary/aromatic N) is 4. The fraction of sp³-hybridized carbons (Fsp3) is 0. The lowest BCUT2D eigenvalue weighted by Crippen LogP contribution is -1.95. The van der Waals surface area contributed by atoms with Crippen molar-refractivity contribution in [2.75, 3.05) is 0 Å². The minimum absolute atomic E-state index is 0.619. The van der Waals surface area contributed by atoms with Gasteiger partial charge in [0.15, 0.2) is 22.8 Å². The Kier molecular flexibility index (Phi) is 15.5. The molecule has 0 N–H and O–H groups in total.